The number of likely N-dealkylation sites (tertiary alicyclic amines) is 1. The molecule has 1 aliphatic heterocycles. The Hall–Kier alpha value is -1.99. The van der Waals surface area contributed by atoms with Gasteiger partial charge in [0.15, 0.2) is 0 Å². The van der Waals surface area contributed by atoms with Gasteiger partial charge < -0.3 is 5.11 Å². The minimum atomic E-state index is -0.255. The minimum absolute atomic E-state index is 0.123. The van der Waals surface area contributed by atoms with E-state index in [-0.39, 0.29) is 17.7 Å². The lowest BCUT2D eigenvalue weighted by Gasteiger charge is -2.40. The SMILES string of the molecule is C[C@H]1C[C@H](C)CN([C@@H](c2ccc(F)cc2)c2sc3ncnn3c2O)C1. The molecule has 0 aliphatic carbocycles. The van der Waals surface area contributed by atoms with Gasteiger partial charge in [-0.2, -0.15) is 9.61 Å². The van der Waals surface area contributed by atoms with Crippen molar-refractivity contribution in [2.75, 3.05) is 13.1 Å². The molecule has 0 amide bonds. The first-order valence-electron chi connectivity index (χ1n) is 8.54. The summed E-state index contributed by atoms with van der Waals surface area (Å²) in [5, 5.41) is 14.8. The summed E-state index contributed by atoms with van der Waals surface area (Å²) in [5.41, 5.74) is 0.975. The van der Waals surface area contributed by atoms with Gasteiger partial charge in [-0.25, -0.2) is 9.37 Å². The van der Waals surface area contributed by atoms with Crippen LogP contribution in [0.4, 0.5) is 4.39 Å². The van der Waals surface area contributed by atoms with E-state index < -0.39 is 0 Å². The van der Waals surface area contributed by atoms with Crippen LogP contribution >= 0.6 is 11.3 Å². The quantitative estimate of drug-likeness (QED) is 0.774. The number of rotatable bonds is 3. The summed E-state index contributed by atoms with van der Waals surface area (Å²) in [6.45, 7) is 6.40. The summed E-state index contributed by atoms with van der Waals surface area (Å²) >= 11 is 1.44. The van der Waals surface area contributed by atoms with E-state index in [4.69, 9.17) is 0 Å². The third-order valence-electron chi connectivity index (χ3n) is 4.84. The number of benzene rings is 1. The van der Waals surface area contributed by atoms with Crippen molar-refractivity contribution in [2.24, 2.45) is 11.8 Å². The molecule has 132 valence electrons. The Morgan fingerprint density at radius 1 is 1.20 bits per heavy atom. The number of nitrogens with zero attached hydrogens (tertiary/aromatic N) is 4. The third-order valence-corrected chi connectivity index (χ3v) is 5.92. The summed E-state index contributed by atoms with van der Waals surface area (Å²) in [6.07, 6.45) is 2.64. The maximum Gasteiger partial charge on any atom is 0.230 e. The van der Waals surface area contributed by atoms with Crippen LogP contribution < -0.4 is 0 Å². The summed E-state index contributed by atoms with van der Waals surface area (Å²) in [6, 6.07) is 6.44. The van der Waals surface area contributed by atoms with E-state index in [9.17, 15) is 9.50 Å². The number of hydrogen-bond acceptors (Lipinski definition) is 5. The molecule has 1 fully saturated rings. The first-order chi connectivity index (χ1) is 12.0. The van der Waals surface area contributed by atoms with Gasteiger partial charge in [0, 0.05) is 13.1 Å². The summed E-state index contributed by atoms with van der Waals surface area (Å²) in [4.78, 5) is 8.06. The average Bonchev–Trinajstić information content (AvgIpc) is 3.13. The highest BCUT2D eigenvalue weighted by atomic mass is 32.1. The fourth-order valence-corrected chi connectivity index (χ4v) is 5.06. The number of halogens is 1. The summed E-state index contributed by atoms with van der Waals surface area (Å²) in [5.74, 6) is 1.03. The fraction of sp³-hybridized carbons (Fsp3) is 0.444. The van der Waals surface area contributed by atoms with E-state index in [1.165, 1.54) is 40.7 Å². The number of piperidine rings is 1. The van der Waals surface area contributed by atoms with Gasteiger partial charge in [0.1, 0.15) is 12.1 Å². The molecule has 3 heterocycles. The molecule has 0 unspecified atom stereocenters. The average molecular weight is 360 g/mol. The summed E-state index contributed by atoms with van der Waals surface area (Å²) in [7, 11) is 0. The Labute approximate surface area is 149 Å². The van der Waals surface area contributed by atoms with Crippen molar-refractivity contribution in [1.29, 1.82) is 0 Å². The molecule has 3 atom stereocenters. The van der Waals surface area contributed by atoms with E-state index in [1.54, 1.807) is 12.1 Å². The second-order valence-corrected chi connectivity index (χ2v) is 8.11. The van der Waals surface area contributed by atoms with Crippen LogP contribution in [-0.2, 0) is 0 Å². The molecule has 25 heavy (non-hydrogen) atoms. The maximum atomic E-state index is 13.4. The van der Waals surface area contributed by atoms with Crippen molar-refractivity contribution in [3.8, 4) is 5.88 Å². The molecule has 0 bridgehead atoms. The lowest BCUT2D eigenvalue weighted by molar-refractivity contribution is 0.112. The Morgan fingerprint density at radius 2 is 1.88 bits per heavy atom. The van der Waals surface area contributed by atoms with Gasteiger partial charge >= 0.3 is 0 Å². The van der Waals surface area contributed by atoms with Gasteiger partial charge in [0.05, 0.1) is 10.9 Å². The number of fused-ring (bicyclic) bond motifs is 1. The van der Waals surface area contributed by atoms with Gasteiger partial charge in [-0.05, 0) is 36.0 Å². The first kappa shape index (κ1) is 16.5. The fourth-order valence-electron chi connectivity index (χ4n) is 3.97. The van der Waals surface area contributed by atoms with Crippen molar-refractivity contribution in [3.05, 3.63) is 46.9 Å². The standard InChI is InChI=1S/C18H21FN4OS/c1-11-7-12(2)9-22(8-11)15(13-3-5-14(19)6-4-13)16-17(24)23-18(25-16)20-10-21-23/h3-6,10-12,15,24H,7-9H2,1-2H3/t11-,12-,15-/m0/s1. The van der Waals surface area contributed by atoms with Crippen molar-refractivity contribution in [1.82, 2.24) is 19.5 Å². The molecule has 4 rings (SSSR count). The molecule has 3 aromatic rings. The maximum absolute atomic E-state index is 13.4. The van der Waals surface area contributed by atoms with Crippen LogP contribution in [0.25, 0.3) is 4.96 Å². The third kappa shape index (κ3) is 3.02. The smallest absolute Gasteiger partial charge is 0.230 e. The highest BCUT2D eigenvalue weighted by Gasteiger charge is 2.33. The molecule has 0 radical (unpaired) electrons. The van der Waals surface area contributed by atoms with Crippen molar-refractivity contribution < 1.29 is 9.50 Å². The Balaban J connectivity index is 1.81. The van der Waals surface area contributed by atoms with E-state index in [1.807, 2.05) is 0 Å². The predicted octanol–water partition coefficient (Wildman–Crippen LogP) is 3.70. The zero-order valence-electron chi connectivity index (χ0n) is 14.3. The highest BCUT2D eigenvalue weighted by Crippen LogP contribution is 2.41. The Morgan fingerprint density at radius 3 is 2.52 bits per heavy atom. The molecule has 0 spiro atoms. The lowest BCUT2D eigenvalue weighted by atomic mass is 9.89. The Bertz CT molecular complexity index is 865. The Kier molecular flexibility index (Phi) is 4.21. The van der Waals surface area contributed by atoms with Gasteiger partial charge in [0.2, 0.25) is 10.8 Å². The molecular weight excluding hydrogens is 339 g/mol. The molecule has 1 aliphatic rings. The van der Waals surface area contributed by atoms with Gasteiger partial charge in [-0.1, -0.05) is 37.3 Å². The molecule has 0 saturated carbocycles. The van der Waals surface area contributed by atoms with E-state index in [0.29, 0.717) is 16.8 Å². The van der Waals surface area contributed by atoms with Crippen LogP contribution in [0.3, 0.4) is 0 Å². The van der Waals surface area contributed by atoms with Crippen molar-refractivity contribution in [2.45, 2.75) is 26.3 Å². The van der Waals surface area contributed by atoms with Crippen LogP contribution in [0.2, 0.25) is 0 Å². The van der Waals surface area contributed by atoms with Crippen LogP contribution in [0, 0.1) is 17.7 Å². The molecular formula is C18H21FN4OS. The molecule has 1 N–H and O–H groups in total. The zero-order valence-corrected chi connectivity index (χ0v) is 15.1. The van der Waals surface area contributed by atoms with Crippen LogP contribution in [0.1, 0.15) is 36.8 Å². The molecule has 1 aromatic carbocycles. The number of thiazole rings is 1. The number of hydrogen-bond donors (Lipinski definition) is 1. The van der Waals surface area contributed by atoms with Gasteiger partial charge in [-0.3, -0.25) is 4.90 Å². The summed E-state index contributed by atoms with van der Waals surface area (Å²) < 4.78 is 14.9. The lowest BCUT2D eigenvalue weighted by Crippen LogP contribution is -2.41. The van der Waals surface area contributed by atoms with Crippen LogP contribution in [-0.4, -0.2) is 37.7 Å². The largest absolute Gasteiger partial charge is 0.492 e. The second-order valence-electron chi connectivity index (χ2n) is 7.10. The molecule has 2 aromatic heterocycles. The van der Waals surface area contributed by atoms with E-state index >= 15 is 0 Å². The van der Waals surface area contributed by atoms with Crippen LogP contribution in [0.15, 0.2) is 30.6 Å². The first-order valence-corrected chi connectivity index (χ1v) is 9.35. The monoisotopic (exact) mass is 360 g/mol. The van der Waals surface area contributed by atoms with Crippen molar-refractivity contribution in [3.63, 3.8) is 0 Å². The molecule has 5 nitrogen and oxygen atoms in total. The molecule has 7 heteroatoms. The topological polar surface area (TPSA) is 53.7 Å². The predicted molar refractivity (Wildman–Crippen MR) is 95.3 cm³/mol. The van der Waals surface area contributed by atoms with Gasteiger partial charge in [-0.15, -0.1) is 0 Å². The van der Waals surface area contributed by atoms with Gasteiger partial charge in [0.25, 0.3) is 0 Å². The molecule has 1 saturated heterocycles. The van der Waals surface area contributed by atoms with E-state index in [0.717, 1.165) is 23.5 Å². The van der Waals surface area contributed by atoms with Crippen LogP contribution in [0.5, 0.6) is 5.88 Å². The van der Waals surface area contributed by atoms with Crippen molar-refractivity contribution >= 4 is 16.3 Å². The zero-order chi connectivity index (χ0) is 17.6. The second kappa shape index (κ2) is 6.38. The normalized spacial score (nSPS) is 23.2. The van der Waals surface area contributed by atoms with E-state index in [2.05, 4.69) is 28.8 Å². The minimum Gasteiger partial charge on any atom is -0.492 e. The highest BCUT2D eigenvalue weighted by molar-refractivity contribution is 7.17. The number of aromatic hydroxyl groups is 1. The number of aromatic nitrogens is 3.